The molecule has 0 saturated carbocycles. The second kappa shape index (κ2) is 6.21. The third kappa shape index (κ3) is 3.30. The summed E-state index contributed by atoms with van der Waals surface area (Å²) < 4.78 is 13.6. The number of halogens is 1. The van der Waals surface area contributed by atoms with Gasteiger partial charge in [0.05, 0.1) is 5.56 Å². The molecule has 4 heteroatoms. The molecule has 0 saturated heterocycles. The van der Waals surface area contributed by atoms with Gasteiger partial charge in [-0.05, 0) is 12.0 Å². The number of rotatable bonds is 5. The van der Waals surface area contributed by atoms with Crippen molar-refractivity contribution in [2.75, 3.05) is 13.2 Å². The Bertz CT molecular complexity index is 387. The fraction of sp³-hybridized carbons (Fsp3) is 0.417. The van der Waals surface area contributed by atoms with Gasteiger partial charge in [-0.2, -0.15) is 5.26 Å². The minimum absolute atomic E-state index is 0.0644. The van der Waals surface area contributed by atoms with Gasteiger partial charge >= 0.3 is 0 Å². The van der Waals surface area contributed by atoms with Gasteiger partial charge in [0, 0.05) is 25.3 Å². The second-order valence-electron chi connectivity index (χ2n) is 3.81. The van der Waals surface area contributed by atoms with Crippen molar-refractivity contribution in [1.82, 2.24) is 5.32 Å². The lowest BCUT2D eigenvalue weighted by molar-refractivity contribution is 0.233. The van der Waals surface area contributed by atoms with E-state index in [1.807, 2.05) is 6.92 Å². The third-order valence-corrected chi connectivity index (χ3v) is 2.32. The second-order valence-corrected chi connectivity index (χ2v) is 3.81. The van der Waals surface area contributed by atoms with Crippen LogP contribution in [0, 0.1) is 23.1 Å². The smallest absolute Gasteiger partial charge is 0.145 e. The van der Waals surface area contributed by atoms with E-state index < -0.39 is 5.82 Å². The van der Waals surface area contributed by atoms with Crippen LogP contribution in [0.15, 0.2) is 18.2 Å². The summed E-state index contributed by atoms with van der Waals surface area (Å²) in [6.45, 7) is 2.99. The van der Waals surface area contributed by atoms with Crippen LogP contribution in [0.25, 0.3) is 0 Å². The highest BCUT2D eigenvalue weighted by molar-refractivity contribution is 5.34. The van der Waals surface area contributed by atoms with Crippen molar-refractivity contribution in [2.45, 2.75) is 13.5 Å². The molecule has 0 aromatic heterocycles. The molecule has 2 N–H and O–H groups in total. The summed E-state index contributed by atoms with van der Waals surface area (Å²) in [5, 5.41) is 20.5. The lowest BCUT2D eigenvalue weighted by Crippen LogP contribution is -2.23. The first-order chi connectivity index (χ1) is 7.69. The molecule has 1 aromatic carbocycles. The topological polar surface area (TPSA) is 56.0 Å². The maximum absolute atomic E-state index is 13.6. The molecular weight excluding hydrogens is 207 g/mol. The van der Waals surface area contributed by atoms with Gasteiger partial charge in [0.2, 0.25) is 0 Å². The number of aliphatic hydroxyl groups excluding tert-OH is 1. The number of aliphatic hydroxyl groups is 1. The van der Waals surface area contributed by atoms with Gasteiger partial charge in [0.1, 0.15) is 11.9 Å². The average molecular weight is 222 g/mol. The number of nitrogens with one attached hydrogen (secondary N) is 1. The normalized spacial score (nSPS) is 12.1. The first-order valence-corrected chi connectivity index (χ1v) is 5.18. The molecule has 1 aromatic rings. The highest BCUT2D eigenvalue weighted by Crippen LogP contribution is 2.11. The fourth-order valence-corrected chi connectivity index (χ4v) is 1.32. The Hall–Kier alpha value is -1.44. The fourth-order valence-electron chi connectivity index (χ4n) is 1.32. The zero-order chi connectivity index (χ0) is 12.0. The van der Waals surface area contributed by atoms with Crippen LogP contribution < -0.4 is 5.32 Å². The molecule has 0 fully saturated rings. The summed E-state index contributed by atoms with van der Waals surface area (Å²) in [4.78, 5) is 0. The first kappa shape index (κ1) is 12.6. The van der Waals surface area contributed by atoms with Gasteiger partial charge in [-0.25, -0.2) is 4.39 Å². The molecule has 1 atom stereocenters. The summed E-state index contributed by atoms with van der Waals surface area (Å²) in [7, 11) is 0. The van der Waals surface area contributed by atoms with Crippen molar-refractivity contribution >= 4 is 0 Å². The van der Waals surface area contributed by atoms with E-state index in [1.54, 1.807) is 18.2 Å². The highest BCUT2D eigenvalue weighted by atomic mass is 19.1. The number of hydrogen-bond donors (Lipinski definition) is 2. The molecule has 0 aliphatic heterocycles. The van der Waals surface area contributed by atoms with E-state index in [0.717, 1.165) is 0 Å². The van der Waals surface area contributed by atoms with Crippen molar-refractivity contribution in [3.8, 4) is 6.07 Å². The first-order valence-electron chi connectivity index (χ1n) is 5.18. The Morgan fingerprint density at radius 2 is 2.31 bits per heavy atom. The SMILES string of the molecule is CC(CO)CNCc1cccc(C#N)c1F. The predicted octanol–water partition coefficient (Wildman–Crippen LogP) is 1.42. The van der Waals surface area contributed by atoms with Gasteiger partial charge in [-0.1, -0.05) is 19.1 Å². The molecule has 0 bridgehead atoms. The molecule has 0 spiro atoms. The van der Waals surface area contributed by atoms with Gasteiger partial charge in [-0.15, -0.1) is 0 Å². The number of nitrogens with zero attached hydrogens (tertiary/aromatic N) is 1. The molecule has 1 unspecified atom stereocenters. The van der Waals surface area contributed by atoms with E-state index >= 15 is 0 Å². The van der Waals surface area contributed by atoms with Crippen molar-refractivity contribution in [1.29, 1.82) is 5.26 Å². The van der Waals surface area contributed by atoms with E-state index in [0.29, 0.717) is 18.7 Å². The zero-order valence-electron chi connectivity index (χ0n) is 9.20. The quantitative estimate of drug-likeness (QED) is 0.792. The Morgan fingerprint density at radius 1 is 1.56 bits per heavy atom. The summed E-state index contributed by atoms with van der Waals surface area (Å²) in [5.41, 5.74) is 0.540. The minimum Gasteiger partial charge on any atom is -0.396 e. The predicted molar refractivity (Wildman–Crippen MR) is 59.1 cm³/mol. The number of hydrogen-bond acceptors (Lipinski definition) is 3. The molecule has 0 heterocycles. The summed E-state index contributed by atoms with van der Waals surface area (Å²) >= 11 is 0. The molecule has 86 valence electrons. The average Bonchev–Trinajstić information content (AvgIpc) is 2.31. The summed E-state index contributed by atoms with van der Waals surface area (Å²) in [5.74, 6) is -0.323. The molecule has 0 radical (unpaired) electrons. The number of nitriles is 1. The van der Waals surface area contributed by atoms with Crippen LogP contribution in [0.1, 0.15) is 18.1 Å². The molecule has 0 amide bonds. The van der Waals surface area contributed by atoms with E-state index in [1.165, 1.54) is 6.07 Å². The minimum atomic E-state index is -0.464. The van der Waals surface area contributed by atoms with Crippen LogP contribution in [-0.4, -0.2) is 18.3 Å². The summed E-state index contributed by atoms with van der Waals surface area (Å²) in [6.07, 6.45) is 0. The van der Waals surface area contributed by atoms with Crippen LogP contribution in [0.4, 0.5) is 4.39 Å². The molecule has 16 heavy (non-hydrogen) atoms. The van der Waals surface area contributed by atoms with Crippen LogP contribution >= 0.6 is 0 Å². The molecule has 3 nitrogen and oxygen atoms in total. The maximum Gasteiger partial charge on any atom is 0.145 e. The highest BCUT2D eigenvalue weighted by Gasteiger charge is 2.07. The summed E-state index contributed by atoms with van der Waals surface area (Å²) in [6, 6.07) is 6.56. The van der Waals surface area contributed by atoms with Crippen LogP contribution in [0.3, 0.4) is 0 Å². The monoisotopic (exact) mass is 222 g/mol. The van der Waals surface area contributed by atoms with Gasteiger partial charge in [0.25, 0.3) is 0 Å². The molecule has 1 rings (SSSR count). The van der Waals surface area contributed by atoms with E-state index in [4.69, 9.17) is 10.4 Å². The zero-order valence-corrected chi connectivity index (χ0v) is 9.20. The molecule has 0 aliphatic rings. The van der Waals surface area contributed by atoms with Crippen molar-refractivity contribution in [2.24, 2.45) is 5.92 Å². The largest absolute Gasteiger partial charge is 0.396 e. The Balaban J connectivity index is 2.58. The lowest BCUT2D eigenvalue weighted by Gasteiger charge is -2.10. The van der Waals surface area contributed by atoms with Gasteiger partial charge in [-0.3, -0.25) is 0 Å². The van der Waals surface area contributed by atoms with Crippen molar-refractivity contribution < 1.29 is 9.50 Å². The van der Waals surface area contributed by atoms with Crippen molar-refractivity contribution in [3.05, 3.63) is 35.1 Å². The maximum atomic E-state index is 13.6. The Morgan fingerprint density at radius 3 is 2.94 bits per heavy atom. The Kier molecular flexibility index (Phi) is 4.90. The van der Waals surface area contributed by atoms with Crippen molar-refractivity contribution in [3.63, 3.8) is 0 Å². The van der Waals surface area contributed by atoms with E-state index in [9.17, 15) is 4.39 Å². The van der Waals surface area contributed by atoms with Crippen LogP contribution in [0.2, 0.25) is 0 Å². The van der Waals surface area contributed by atoms with Gasteiger partial charge in [0.15, 0.2) is 0 Å². The molecule has 0 aliphatic carbocycles. The van der Waals surface area contributed by atoms with E-state index in [-0.39, 0.29) is 18.1 Å². The Labute approximate surface area is 94.5 Å². The third-order valence-electron chi connectivity index (χ3n) is 2.32. The van der Waals surface area contributed by atoms with Gasteiger partial charge < -0.3 is 10.4 Å². The van der Waals surface area contributed by atoms with E-state index in [2.05, 4.69) is 5.32 Å². The molecular formula is C12H15FN2O. The van der Waals surface area contributed by atoms with Crippen LogP contribution in [-0.2, 0) is 6.54 Å². The standard InChI is InChI=1S/C12H15FN2O/c1-9(8-16)6-15-7-11-4-2-3-10(5-14)12(11)13/h2-4,9,15-16H,6-8H2,1H3. The lowest BCUT2D eigenvalue weighted by atomic mass is 10.1. The van der Waals surface area contributed by atoms with Crippen LogP contribution in [0.5, 0.6) is 0 Å². The number of benzene rings is 1.